The Kier molecular flexibility index (Phi) is 5.30. The zero-order valence-corrected chi connectivity index (χ0v) is 14.0. The number of benzene rings is 1. The fourth-order valence-electron chi connectivity index (χ4n) is 2.57. The third-order valence-corrected chi connectivity index (χ3v) is 3.88. The summed E-state index contributed by atoms with van der Waals surface area (Å²) < 4.78 is 10.9. The number of hydrogen-bond donors (Lipinski definition) is 1. The fraction of sp³-hybridized carbons (Fsp3) is 0.263. The van der Waals surface area contributed by atoms with E-state index in [4.69, 9.17) is 8.83 Å². The van der Waals surface area contributed by atoms with Crippen molar-refractivity contribution in [3.05, 3.63) is 65.7 Å². The van der Waals surface area contributed by atoms with E-state index in [0.29, 0.717) is 29.6 Å². The van der Waals surface area contributed by atoms with E-state index in [-0.39, 0.29) is 25.5 Å². The van der Waals surface area contributed by atoms with Crippen LogP contribution < -0.4 is 0 Å². The van der Waals surface area contributed by atoms with E-state index in [1.165, 1.54) is 0 Å². The maximum absolute atomic E-state index is 12.7. The Labute approximate surface area is 145 Å². The van der Waals surface area contributed by atoms with Crippen LogP contribution in [0.4, 0.5) is 0 Å². The SMILES string of the molecule is Cc1oc(-c2ccco2)nc1CC(=O)N(CCO)Cc1ccccc1. The Bertz CT molecular complexity index is 809. The van der Waals surface area contributed by atoms with Gasteiger partial charge < -0.3 is 18.8 Å². The molecule has 1 amide bonds. The zero-order chi connectivity index (χ0) is 17.6. The molecular weight excluding hydrogens is 320 g/mol. The molecule has 25 heavy (non-hydrogen) atoms. The van der Waals surface area contributed by atoms with Crippen LogP contribution in [0.15, 0.2) is 57.6 Å². The standard InChI is InChI=1S/C19H20N2O4/c1-14-16(20-19(25-14)17-8-5-11-24-17)12-18(23)21(9-10-22)13-15-6-3-2-4-7-15/h2-8,11,22H,9-10,12-13H2,1H3. The molecule has 6 nitrogen and oxygen atoms in total. The maximum atomic E-state index is 12.7. The van der Waals surface area contributed by atoms with Gasteiger partial charge in [0.2, 0.25) is 5.91 Å². The molecule has 2 heterocycles. The highest BCUT2D eigenvalue weighted by Gasteiger charge is 2.20. The summed E-state index contributed by atoms with van der Waals surface area (Å²) in [5.41, 5.74) is 1.59. The molecule has 1 N–H and O–H groups in total. The third-order valence-electron chi connectivity index (χ3n) is 3.88. The second-order valence-electron chi connectivity index (χ2n) is 5.70. The summed E-state index contributed by atoms with van der Waals surface area (Å²) in [5.74, 6) is 1.36. The second-order valence-corrected chi connectivity index (χ2v) is 5.70. The largest absolute Gasteiger partial charge is 0.459 e. The number of aryl methyl sites for hydroxylation is 1. The van der Waals surface area contributed by atoms with Gasteiger partial charge in [-0.15, -0.1) is 0 Å². The molecule has 3 aromatic rings. The van der Waals surface area contributed by atoms with Crippen LogP contribution in [0, 0.1) is 6.92 Å². The molecule has 1 aromatic carbocycles. The van der Waals surface area contributed by atoms with Crippen molar-refractivity contribution in [2.24, 2.45) is 0 Å². The number of rotatable bonds is 7. The van der Waals surface area contributed by atoms with Gasteiger partial charge in [0.05, 0.1) is 25.0 Å². The van der Waals surface area contributed by atoms with Crippen LogP contribution in [0.3, 0.4) is 0 Å². The molecule has 130 valence electrons. The van der Waals surface area contributed by atoms with E-state index in [1.807, 2.05) is 30.3 Å². The molecule has 0 spiro atoms. The predicted molar refractivity (Wildman–Crippen MR) is 91.6 cm³/mol. The minimum Gasteiger partial charge on any atom is -0.459 e. The van der Waals surface area contributed by atoms with Gasteiger partial charge in [0.25, 0.3) is 5.89 Å². The van der Waals surface area contributed by atoms with E-state index in [2.05, 4.69) is 4.98 Å². The highest BCUT2D eigenvalue weighted by Crippen LogP contribution is 2.22. The molecule has 0 fully saturated rings. The summed E-state index contributed by atoms with van der Waals surface area (Å²) in [5, 5.41) is 9.27. The number of nitrogens with zero attached hydrogens (tertiary/aromatic N) is 2. The summed E-state index contributed by atoms with van der Waals surface area (Å²) >= 11 is 0. The predicted octanol–water partition coefficient (Wildman–Crippen LogP) is 2.81. The summed E-state index contributed by atoms with van der Waals surface area (Å²) in [6, 6.07) is 13.2. The van der Waals surface area contributed by atoms with Crippen molar-refractivity contribution in [3.63, 3.8) is 0 Å². The number of hydrogen-bond acceptors (Lipinski definition) is 5. The Morgan fingerprint density at radius 3 is 2.68 bits per heavy atom. The molecule has 0 aliphatic carbocycles. The number of aliphatic hydroxyl groups is 1. The second kappa shape index (κ2) is 7.81. The van der Waals surface area contributed by atoms with Crippen LogP contribution in [0.25, 0.3) is 11.7 Å². The van der Waals surface area contributed by atoms with Gasteiger partial charge in [-0.25, -0.2) is 4.98 Å². The normalized spacial score (nSPS) is 10.8. The highest BCUT2D eigenvalue weighted by atomic mass is 16.4. The molecule has 0 saturated heterocycles. The van der Waals surface area contributed by atoms with Crippen LogP contribution in [0.5, 0.6) is 0 Å². The molecular formula is C19H20N2O4. The van der Waals surface area contributed by atoms with E-state index in [9.17, 15) is 9.90 Å². The molecule has 6 heteroatoms. The molecule has 0 aliphatic heterocycles. The summed E-state index contributed by atoms with van der Waals surface area (Å²) in [4.78, 5) is 18.7. The smallest absolute Gasteiger partial charge is 0.263 e. The quantitative estimate of drug-likeness (QED) is 0.715. The Morgan fingerprint density at radius 2 is 2.00 bits per heavy atom. The van der Waals surface area contributed by atoms with Crippen LogP contribution in [-0.2, 0) is 17.8 Å². The minimum absolute atomic E-state index is 0.0893. The first-order chi connectivity index (χ1) is 12.2. The molecule has 0 radical (unpaired) electrons. The van der Waals surface area contributed by atoms with Crippen LogP contribution in [0.2, 0.25) is 0 Å². The van der Waals surface area contributed by atoms with Crippen molar-refractivity contribution in [1.82, 2.24) is 9.88 Å². The van der Waals surface area contributed by atoms with Gasteiger partial charge in [-0.2, -0.15) is 0 Å². The lowest BCUT2D eigenvalue weighted by atomic mass is 10.2. The number of furan rings is 1. The van der Waals surface area contributed by atoms with Crippen LogP contribution >= 0.6 is 0 Å². The number of oxazole rings is 1. The van der Waals surface area contributed by atoms with E-state index < -0.39 is 0 Å². The van der Waals surface area contributed by atoms with Crippen LogP contribution in [-0.4, -0.2) is 34.0 Å². The van der Waals surface area contributed by atoms with Gasteiger partial charge >= 0.3 is 0 Å². The Balaban J connectivity index is 1.73. The number of amides is 1. The number of carbonyl (C=O) groups excluding carboxylic acids is 1. The summed E-state index contributed by atoms with van der Waals surface area (Å²) in [6.45, 7) is 2.40. The van der Waals surface area contributed by atoms with Crippen LogP contribution in [0.1, 0.15) is 17.0 Å². The lowest BCUT2D eigenvalue weighted by Gasteiger charge is -2.21. The maximum Gasteiger partial charge on any atom is 0.263 e. The van der Waals surface area contributed by atoms with Crippen molar-refractivity contribution in [2.75, 3.05) is 13.2 Å². The van der Waals surface area contributed by atoms with Gasteiger partial charge in [-0.05, 0) is 24.6 Å². The molecule has 3 rings (SSSR count). The van der Waals surface area contributed by atoms with Gasteiger partial charge in [0.1, 0.15) is 5.76 Å². The number of aliphatic hydroxyl groups excluding tert-OH is 1. The van der Waals surface area contributed by atoms with E-state index in [1.54, 1.807) is 30.2 Å². The van der Waals surface area contributed by atoms with Gasteiger partial charge in [0.15, 0.2) is 5.76 Å². The molecule has 0 aliphatic rings. The summed E-state index contributed by atoms with van der Waals surface area (Å²) in [6.07, 6.45) is 1.66. The zero-order valence-electron chi connectivity index (χ0n) is 14.0. The monoisotopic (exact) mass is 340 g/mol. The van der Waals surface area contributed by atoms with Gasteiger partial charge in [-0.1, -0.05) is 30.3 Å². The van der Waals surface area contributed by atoms with E-state index in [0.717, 1.165) is 5.56 Å². The molecule has 0 unspecified atom stereocenters. The first-order valence-electron chi connectivity index (χ1n) is 8.10. The number of aromatic nitrogens is 1. The van der Waals surface area contributed by atoms with Gasteiger partial charge in [-0.3, -0.25) is 4.79 Å². The minimum atomic E-state index is -0.111. The lowest BCUT2D eigenvalue weighted by molar-refractivity contribution is -0.131. The fourth-order valence-corrected chi connectivity index (χ4v) is 2.57. The molecule has 0 saturated carbocycles. The van der Waals surface area contributed by atoms with Crippen molar-refractivity contribution in [3.8, 4) is 11.7 Å². The molecule has 2 aromatic heterocycles. The average molecular weight is 340 g/mol. The lowest BCUT2D eigenvalue weighted by Crippen LogP contribution is -2.34. The highest BCUT2D eigenvalue weighted by molar-refractivity contribution is 5.78. The van der Waals surface area contributed by atoms with Crippen molar-refractivity contribution in [1.29, 1.82) is 0 Å². The Hall–Kier alpha value is -2.86. The summed E-state index contributed by atoms with van der Waals surface area (Å²) in [7, 11) is 0. The first kappa shape index (κ1) is 17.0. The third kappa shape index (κ3) is 4.16. The Morgan fingerprint density at radius 1 is 1.20 bits per heavy atom. The number of carbonyl (C=O) groups is 1. The average Bonchev–Trinajstić information content (AvgIpc) is 3.26. The van der Waals surface area contributed by atoms with Crippen molar-refractivity contribution in [2.45, 2.75) is 19.9 Å². The van der Waals surface area contributed by atoms with Crippen molar-refractivity contribution < 1.29 is 18.7 Å². The first-order valence-corrected chi connectivity index (χ1v) is 8.10. The van der Waals surface area contributed by atoms with Gasteiger partial charge in [0, 0.05) is 13.1 Å². The van der Waals surface area contributed by atoms with Crippen molar-refractivity contribution >= 4 is 5.91 Å². The molecule has 0 bridgehead atoms. The molecule has 0 atom stereocenters. The van der Waals surface area contributed by atoms with E-state index >= 15 is 0 Å². The topological polar surface area (TPSA) is 79.7 Å².